The van der Waals surface area contributed by atoms with Crippen molar-refractivity contribution < 1.29 is 24.2 Å². The van der Waals surface area contributed by atoms with E-state index in [0.29, 0.717) is 32.7 Å². The summed E-state index contributed by atoms with van der Waals surface area (Å²) in [5, 5.41) is 16.0. The SMILES string of the molecule is CC[C@@H]1C=C[C@H]2[C@H](C(=O)N([C@@H](CO)CC(C)C)[C@@H]2C(=O)NCCN2CCOCC2)[C@@H]1C(=O)NC. The number of ether oxygens (including phenoxy) is 1. The number of nitrogens with one attached hydrogen (secondary N) is 2. The summed E-state index contributed by atoms with van der Waals surface area (Å²) in [6, 6.07) is -1.20. The van der Waals surface area contributed by atoms with Crippen molar-refractivity contribution in [1.82, 2.24) is 20.4 Å². The Hall–Kier alpha value is -1.97. The summed E-state index contributed by atoms with van der Waals surface area (Å²) in [6.07, 6.45) is 5.29. The van der Waals surface area contributed by atoms with Crippen molar-refractivity contribution in [2.75, 3.05) is 53.0 Å². The minimum absolute atomic E-state index is 0.0622. The number of rotatable bonds is 10. The van der Waals surface area contributed by atoms with Gasteiger partial charge in [0.05, 0.1) is 37.7 Å². The van der Waals surface area contributed by atoms with E-state index in [0.717, 1.165) is 19.5 Å². The maximum atomic E-state index is 13.8. The Morgan fingerprint density at radius 2 is 1.91 bits per heavy atom. The number of aliphatic hydroxyl groups excluding tert-OH is 1. The Bertz CT molecular complexity index is 752. The van der Waals surface area contributed by atoms with E-state index in [1.807, 2.05) is 32.9 Å². The van der Waals surface area contributed by atoms with E-state index >= 15 is 0 Å². The molecule has 0 aromatic rings. The fraction of sp³-hybridized carbons (Fsp3) is 0.800. The molecule has 6 atom stereocenters. The summed E-state index contributed by atoms with van der Waals surface area (Å²) in [6.45, 7) is 10.1. The first-order chi connectivity index (χ1) is 16.3. The van der Waals surface area contributed by atoms with E-state index in [1.54, 1.807) is 11.9 Å². The predicted molar refractivity (Wildman–Crippen MR) is 129 cm³/mol. The number of carbonyl (C=O) groups excluding carboxylic acids is 3. The molecular formula is C25H42N4O5. The molecule has 3 amide bonds. The number of hydrogen-bond acceptors (Lipinski definition) is 6. The molecule has 34 heavy (non-hydrogen) atoms. The maximum Gasteiger partial charge on any atom is 0.243 e. The summed E-state index contributed by atoms with van der Waals surface area (Å²) >= 11 is 0. The van der Waals surface area contributed by atoms with Gasteiger partial charge in [0.25, 0.3) is 0 Å². The monoisotopic (exact) mass is 478 g/mol. The largest absolute Gasteiger partial charge is 0.394 e. The third-order valence-corrected chi connectivity index (χ3v) is 7.52. The fourth-order valence-corrected chi connectivity index (χ4v) is 5.84. The molecule has 0 radical (unpaired) electrons. The van der Waals surface area contributed by atoms with E-state index in [9.17, 15) is 19.5 Å². The lowest BCUT2D eigenvalue weighted by molar-refractivity contribution is -0.143. The molecule has 0 aromatic heterocycles. The van der Waals surface area contributed by atoms with Gasteiger partial charge in [-0.3, -0.25) is 19.3 Å². The van der Waals surface area contributed by atoms with Gasteiger partial charge in [0.1, 0.15) is 6.04 Å². The van der Waals surface area contributed by atoms with Crippen LogP contribution in [0.5, 0.6) is 0 Å². The van der Waals surface area contributed by atoms with Gasteiger partial charge in [0.2, 0.25) is 17.7 Å². The van der Waals surface area contributed by atoms with Crippen LogP contribution in [0.3, 0.4) is 0 Å². The van der Waals surface area contributed by atoms with Crippen LogP contribution >= 0.6 is 0 Å². The molecular weight excluding hydrogens is 436 g/mol. The van der Waals surface area contributed by atoms with Crippen LogP contribution in [0.1, 0.15) is 33.6 Å². The molecule has 9 nitrogen and oxygen atoms in total. The number of amides is 3. The number of hydrogen-bond donors (Lipinski definition) is 3. The standard InChI is InChI=1S/C25H42N4O5/c1-5-17-6-7-19-21(20(17)23(31)26-4)25(33)29(18(15-30)14-16(2)3)22(19)24(32)27-8-9-28-10-12-34-13-11-28/h6-7,16-22,30H,5,8-15H2,1-4H3,(H,26,31)(H,27,32)/t17-,18-,19+,20-,21+,22+/m1/s1. The normalized spacial score (nSPS) is 30.4. The minimum Gasteiger partial charge on any atom is -0.394 e. The van der Waals surface area contributed by atoms with Crippen LogP contribution in [0.2, 0.25) is 0 Å². The van der Waals surface area contributed by atoms with Crippen molar-refractivity contribution in [3.8, 4) is 0 Å². The number of carbonyl (C=O) groups is 3. The highest BCUT2D eigenvalue weighted by molar-refractivity contribution is 5.97. The smallest absolute Gasteiger partial charge is 0.243 e. The van der Waals surface area contributed by atoms with Crippen molar-refractivity contribution in [3.63, 3.8) is 0 Å². The molecule has 2 fully saturated rings. The Balaban J connectivity index is 1.86. The van der Waals surface area contributed by atoms with Crippen molar-refractivity contribution in [2.45, 2.75) is 45.7 Å². The molecule has 0 bridgehead atoms. The lowest BCUT2D eigenvalue weighted by Crippen LogP contribution is -2.53. The van der Waals surface area contributed by atoms with Crippen LogP contribution in [0, 0.1) is 29.6 Å². The summed E-state index contributed by atoms with van der Waals surface area (Å²) in [7, 11) is 1.59. The number of allylic oxidation sites excluding steroid dienone is 1. The van der Waals surface area contributed by atoms with Gasteiger partial charge in [-0.05, 0) is 24.7 Å². The number of nitrogens with zero attached hydrogens (tertiary/aromatic N) is 2. The molecule has 192 valence electrons. The number of morpholine rings is 1. The van der Waals surface area contributed by atoms with Gasteiger partial charge >= 0.3 is 0 Å². The van der Waals surface area contributed by atoms with Crippen LogP contribution < -0.4 is 10.6 Å². The van der Waals surface area contributed by atoms with Crippen LogP contribution in [0.15, 0.2) is 12.2 Å². The van der Waals surface area contributed by atoms with Crippen LogP contribution in [-0.2, 0) is 19.1 Å². The van der Waals surface area contributed by atoms with E-state index in [2.05, 4.69) is 15.5 Å². The van der Waals surface area contributed by atoms with Gasteiger partial charge < -0.3 is 25.4 Å². The lowest BCUT2D eigenvalue weighted by Gasteiger charge is -2.34. The first-order valence-electron chi connectivity index (χ1n) is 12.7. The van der Waals surface area contributed by atoms with Crippen LogP contribution in [0.25, 0.3) is 0 Å². The maximum absolute atomic E-state index is 13.8. The van der Waals surface area contributed by atoms with E-state index in [1.165, 1.54) is 0 Å². The van der Waals surface area contributed by atoms with Crippen molar-refractivity contribution in [3.05, 3.63) is 12.2 Å². The quantitative estimate of drug-likeness (QED) is 0.388. The molecule has 1 aliphatic carbocycles. The highest BCUT2D eigenvalue weighted by Crippen LogP contribution is 2.46. The van der Waals surface area contributed by atoms with Gasteiger partial charge in [-0.15, -0.1) is 0 Å². The van der Waals surface area contributed by atoms with Gasteiger partial charge in [0, 0.05) is 39.1 Å². The fourth-order valence-electron chi connectivity index (χ4n) is 5.84. The highest BCUT2D eigenvalue weighted by atomic mass is 16.5. The summed E-state index contributed by atoms with van der Waals surface area (Å²) in [5.74, 6) is -1.93. The second kappa shape index (κ2) is 12.1. The zero-order valence-electron chi connectivity index (χ0n) is 21.0. The second-order valence-electron chi connectivity index (χ2n) is 10.1. The van der Waals surface area contributed by atoms with Crippen LogP contribution in [-0.4, -0.2) is 97.8 Å². The van der Waals surface area contributed by atoms with Gasteiger partial charge in [0.15, 0.2) is 0 Å². The lowest BCUT2D eigenvalue weighted by atomic mass is 9.69. The van der Waals surface area contributed by atoms with E-state index in [4.69, 9.17) is 4.74 Å². The molecule has 2 aliphatic heterocycles. The topological polar surface area (TPSA) is 111 Å². The van der Waals surface area contributed by atoms with Gasteiger partial charge in [-0.1, -0.05) is 32.9 Å². The predicted octanol–water partition coefficient (Wildman–Crippen LogP) is 0.243. The molecule has 2 heterocycles. The Kier molecular flexibility index (Phi) is 9.50. The molecule has 0 unspecified atom stereocenters. The Labute approximate surface area is 203 Å². The van der Waals surface area contributed by atoms with E-state index in [-0.39, 0.29) is 36.2 Å². The van der Waals surface area contributed by atoms with Gasteiger partial charge in [-0.2, -0.15) is 0 Å². The molecule has 0 saturated carbocycles. The first kappa shape index (κ1) is 26.6. The van der Waals surface area contributed by atoms with E-state index < -0.39 is 29.8 Å². The highest BCUT2D eigenvalue weighted by Gasteiger charge is 2.58. The molecule has 0 spiro atoms. The summed E-state index contributed by atoms with van der Waals surface area (Å²) < 4.78 is 5.38. The Morgan fingerprint density at radius 1 is 1.21 bits per heavy atom. The summed E-state index contributed by atoms with van der Waals surface area (Å²) in [4.78, 5) is 44.1. The average Bonchev–Trinajstić information content (AvgIpc) is 3.14. The third-order valence-electron chi connectivity index (χ3n) is 7.52. The molecule has 3 aliphatic rings. The second-order valence-corrected chi connectivity index (χ2v) is 10.1. The Morgan fingerprint density at radius 3 is 2.50 bits per heavy atom. The van der Waals surface area contributed by atoms with Gasteiger partial charge in [-0.25, -0.2) is 0 Å². The average molecular weight is 479 g/mol. The molecule has 3 rings (SSSR count). The van der Waals surface area contributed by atoms with Crippen molar-refractivity contribution in [2.24, 2.45) is 29.6 Å². The third kappa shape index (κ3) is 5.63. The number of fused-ring (bicyclic) bond motifs is 1. The summed E-state index contributed by atoms with van der Waals surface area (Å²) in [5.41, 5.74) is 0. The molecule has 2 saturated heterocycles. The molecule has 3 N–H and O–H groups in total. The zero-order chi connectivity index (χ0) is 24.8. The zero-order valence-corrected chi connectivity index (χ0v) is 21.0. The number of aliphatic hydroxyl groups is 1. The number of likely N-dealkylation sites (tertiary alicyclic amines) is 1. The minimum atomic E-state index is -0.737. The molecule has 0 aromatic carbocycles. The van der Waals surface area contributed by atoms with Crippen LogP contribution in [0.4, 0.5) is 0 Å². The van der Waals surface area contributed by atoms with Crippen molar-refractivity contribution >= 4 is 17.7 Å². The van der Waals surface area contributed by atoms with Crippen molar-refractivity contribution in [1.29, 1.82) is 0 Å². The first-order valence-corrected chi connectivity index (χ1v) is 12.7. The molecule has 9 heteroatoms.